The van der Waals surface area contributed by atoms with Crippen molar-refractivity contribution in [2.75, 3.05) is 33.7 Å². The Bertz CT molecular complexity index is 1020. The Labute approximate surface area is 189 Å². The zero-order valence-electron chi connectivity index (χ0n) is 18.4. The standard InChI is InChI=1S/C25H31ClN4O/c1-28(2)14-4-3-5-25(31)29-15-11-19(12-16-29)23-18-30(21-8-6-20(26)7-9-21)24-17-27-13-10-22(23)24/h6-10,13,17-19H,3-5,11-12,14-16H2,1-2H3. The molecule has 31 heavy (non-hydrogen) atoms. The third-order valence-corrected chi connectivity index (χ3v) is 6.53. The highest BCUT2D eigenvalue weighted by molar-refractivity contribution is 6.30. The summed E-state index contributed by atoms with van der Waals surface area (Å²) < 4.78 is 2.20. The van der Waals surface area contributed by atoms with Gasteiger partial charge in [0.25, 0.3) is 0 Å². The molecule has 1 amide bonds. The molecule has 164 valence electrons. The predicted octanol–water partition coefficient (Wildman–Crippen LogP) is 5.12. The second-order valence-corrected chi connectivity index (χ2v) is 9.18. The van der Waals surface area contributed by atoms with E-state index in [0.29, 0.717) is 18.2 Å². The van der Waals surface area contributed by atoms with E-state index in [1.165, 1.54) is 10.9 Å². The van der Waals surface area contributed by atoms with Gasteiger partial charge in [-0.15, -0.1) is 0 Å². The molecule has 3 heterocycles. The average Bonchev–Trinajstić information content (AvgIpc) is 3.17. The van der Waals surface area contributed by atoms with E-state index in [1.54, 1.807) is 0 Å². The number of hydrogen-bond donors (Lipinski definition) is 0. The summed E-state index contributed by atoms with van der Waals surface area (Å²) in [6, 6.07) is 10.0. The van der Waals surface area contributed by atoms with Crippen molar-refractivity contribution in [3.05, 3.63) is 59.5 Å². The number of amides is 1. The molecule has 1 aromatic carbocycles. The van der Waals surface area contributed by atoms with Gasteiger partial charge in [-0.2, -0.15) is 0 Å². The maximum atomic E-state index is 12.6. The zero-order chi connectivity index (χ0) is 21.8. The van der Waals surface area contributed by atoms with Gasteiger partial charge in [-0.3, -0.25) is 9.78 Å². The molecule has 3 aromatic rings. The van der Waals surface area contributed by atoms with Gasteiger partial charge >= 0.3 is 0 Å². The summed E-state index contributed by atoms with van der Waals surface area (Å²) in [6.45, 7) is 2.73. The molecular weight excluding hydrogens is 408 g/mol. The number of pyridine rings is 1. The van der Waals surface area contributed by atoms with Crippen LogP contribution in [0.2, 0.25) is 5.02 Å². The molecule has 0 unspecified atom stereocenters. The fourth-order valence-corrected chi connectivity index (χ4v) is 4.67. The average molecular weight is 439 g/mol. The lowest BCUT2D eigenvalue weighted by atomic mass is 9.89. The summed E-state index contributed by atoms with van der Waals surface area (Å²) in [6.07, 6.45) is 10.8. The van der Waals surface area contributed by atoms with E-state index in [0.717, 1.165) is 61.5 Å². The van der Waals surface area contributed by atoms with Crippen molar-refractivity contribution < 1.29 is 4.79 Å². The third kappa shape index (κ3) is 5.10. The quantitative estimate of drug-likeness (QED) is 0.481. The van der Waals surface area contributed by atoms with Crippen LogP contribution in [0.4, 0.5) is 0 Å². The minimum atomic E-state index is 0.310. The smallest absolute Gasteiger partial charge is 0.222 e. The lowest BCUT2D eigenvalue weighted by molar-refractivity contribution is -0.132. The van der Waals surface area contributed by atoms with Gasteiger partial charge in [0, 0.05) is 48.0 Å². The van der Waals surface area contributed by atoms with Crippen LogP contribution in [0.5, 0.6) is 0 Å². The van der Waals surface area contributed by atoms with Gasteiger partial charge in [-0.25, -0.2) is 0 Å². The highest BCUT2D eigenvalue weighted by Gasteiger charge is 2.26. The summed E-state index contributed by atoms with van der Waals surface area (Å²) >= 11 is 6.08. The van der Waals surface area contributed by atoms with Crippen molar-refractivity contribution in [3.63, 3.8) is 0 Å². The Morgan fingerprint density at radius 1 is 1.13 bits per heavy atom. The van der Waals surface area contributed by atoms with E-state index in [2.05, 4.69) is 45.7 Å². The summed E-state index contributed by atoms with van der Waals surface area (Å²) in [5, 5.41) is 1.98. The number of benzene rings is 1. The molecule has 1 saturated heterocycles. The monoisotopic (exact) mass is 438 g/mol. The SMILES string of the molecule is CN(C)CCCCC(=O)N1CCC(c2cn(-c3ccc(Cl)cc3)c3cnccc23)CC1. The van der Waals surface area contributed by atoms with Crippen molar-refractivity contribution >= 4 is 28.4 Å². The maximum Gasteiger partial charge on any atom is 0.222 e. The number of likely N-dealkylation sites (tertiary alicyclic amines) is 1. The van der Waals surface area contributed by atoms with Crippen molar-refractivity contribution in [2.45, 2.75) is 38.0 Å². The first-order valence-corrected chi connectivity index (χ1v) is 11.5. The number of rotatable bonds is 7. The molecule has 0 spiro atoms. The molecule has 4 rings (SSSR count). The highest BCUT2D eigenvalue weighted by atomic mass is 35.5. The Morgan fingerprint density at radius 3 is 2.58 bits per heavy atom. The van der Waals surface area contributed by atoms with Crippen molar-refractivity contribution in [1.82, 2.24) is 19.4 Å². The molecule has 5 nitrogen and oxygen atoms in total. The van der Waals surface area contributed by atoms with Gasteiger partial charge in [-0.1, -0.05) is 11.6 Å². The van der Waals surface area contributed by atoms with Crippen LogP contribution in [-0.2, 0) is 4.79 Å². The van der Waals surface area contributed by atoms with Crippen LogP contribution in [0.3, 0.4) is 0 Å². The Hall–Kier alpha value is -2.37. The number of fused-ring (bicyclic) bond motifs is 1. The normalized spacial score (nSPS) is 15.2. The maximum absolute atomic E-state index is 12.6. The number of nitrogens with zero attached hydrogens (tertiary/aromatic N) is 4. The summed E-state index contributed by atoms with van der Waals surface area (Å²) in [5.74, 6) is 0.765. The van der Waals surface area contributed by atoms with E-state index >= 15 is 0 Å². The van der Waals surface area contributed by atoms with Crippen LogP contribution >= 0.6 is 11.6 Å². The Morgan fingerprint density at radius 2 is 1.87 bits per heavy atom. The Balaban J connectivity index is 1.45. The number of aromatic nitrogens is 2. The molecule has 0 aliphatic carbocycles. The molecule has 0 bridgehead atoms. The molecule has 1 aliphatic heterocycles. The number of carbonyl (C=O) groups excluding carboxylic acids is 1. The number of piperidine rings is 1. The first kappa shape index (κ1) is 21.8. The molecular formula is C25H31ClN4O. The van der Waals surface area contributed by atoms with Gasteiger partial charge in [0.15, 0.2) is 0 Å². The van der Waals surface area contributed by atoms with Gasteiger partial charge < -0.3 is 14.4 Å². The number of halogens is 1. The van der Waals surface area contributed by atoms with Crippen LogP contribution in [0, 0.1) is 0 Å². The number of carbonyl (C=O) groups is 1. The van der Waals surface area contributed by atoms with Crippen molar-refractivity contribution in [1.29, 1.82) is 0 Å². The zero-order valence-corrected chi connectivity index (χ0v) is 19.2. The number of unbranched alkanes of at least 4 members (excludes halogenated alkanes) is 1. The van der Waals surface area contributed by atoms with Crippen molar-refractivity contribution in [3.8, 4) is 5.69 Å². The van der Waals surface area contributed by atoms with Crippen LogP contribution in [0.1, 0.15) is 43.6 Å². The fourth-order valence-electron chi connectivity index (χ4n) is 4.54. The molecule has 1 aliphatic rings. The molecule has 0 N–H and O–H groups in total. The minimum absolute atomic E-state index is 0.310. The van der Waals surface area contributed by atoms with Gasteiger partial charge in [0.05, 0.1) is 11.7 Å². The highest BCUT2D eigenvalue weighted by Crippen LogP contribution is 2.35. The van der Waals surface area contributed by atoms with Gasteiger partial charge in [0.2, 0.25) is 5.91 Å². The van der Waals surface area contributed by atoms with Crippen LogP contribution < -0.4 is 0 Å². The summed E-state index contributed by atoms with van der Waals surface area (Å²) in [7, 11) is 4.15. The lowest BCUT2D eigenvalue weighted by Crippen LogP contribution is -2.37. The third-order valence-electron chi connectivity index (χ3n) is 6.28. The fraction of sp³-hybridized carbons (Fsp3) is 0.440. The molecule has 1 fully saturated rings. The van der Waals surface area contributed by atoms with E-state index in [9.17, 15) is 4.79 Å². The van der Waals surface area contributed by atoms with Crippen LogP contribution in [-0.4, -0.2) is 59.0 Å². The summed E-state index contributed by atoms with van der Waals surface area (Å²) in [5.41, 5.74) is 3.55. The second kappa shape index (κ2) is 9.84. The van der Waals surface area contributed by atoms with E-state index < -0.39 is 0 Å². The first-order valence-electron chi connectivity index (χ1n) is 11.2. The van der Waals surface area contributed by atoms with E-state index in [1.807, 2.05) is 36.7 Å². The molecule has 0 saturated carbocycles. The van der Waals surface area contributed by atoms with E-state index in [-0.39, 0.29) is 0 Å². The first-order chi connectivity index (χ1) is 15.0. The summed E-state index contributed by atoms with van der Waals surface area (Å²) in [4.78, 5) is 21.2. The second-order valence-electron chi connectivity index (χ2n) is 8.74. The van der Waals surface area contributed by atoms with Crippen molar-refractivity contribution in [2.24, 2.45) is 0 Å². The van der Waals surface area contributed by atoms with Gasteiger partial charge in [0.1, 0.15) is 0 Å². The van der Waals surface area contributed by atoms with Gasteiger partial charge in [-0.05, 0) is 88.1 Å². The largest absolute Gasteiger partial charge is 0.343 e. The molecule has 0 atom stereocenters. The molecule has 2 aromatic heterocycles. The number of hydrogen-bond acceptors (Lipinski definition) is 3. The predicted molar refractivity (Wildman–Crippen MR) is 127 cm³/mol. The molecule has 0 radical (unpaired) electrons. The lowest BCUT2D eigenvalue weighted by Gasteiger charge is -2.32. The van der Waals surface area contributed by atoms with Crippen LogP contribution in [0.15, 0.2) is 48.9 Å². The topological polar surface area (TPSA) is 41.4 Å². The van der Waals surface area contributed by atoms with E-state index in [4.69, 9.17) is 11.6 Å². The minimum Gasteiger partial charge on any atom is -0.343 e. The Kier molecular flexibility index (Phi) is 6.93. The molecule has 6 heteroatoms. The van der Waals surface area contributed by atoms with Crippen LogP contribution in [0.25, 0.3) is 16.6 Å².